The highest BCUT2D eigenvalue weighted by Crippen LogP contribution is 2.41. The topological polar surface area (TPSA) is 134 Å². The summed E-state index contributed by atoms with van der Waals surface area (Å²) in [6.07, 6.45) is 2.55. The number of aliphatic hydroxyl groups excluding tert-OH is 1. The number of benzene rings is 2. The van der Waals surface area contributed by atoms with Crippen LogP contribution in [0.5, 0.6) is 0 Å². The highest BCUT2D eigenvalue weighted by atomic mass is 16.6. The van der Waals surface area contributed by atoms with E-state index in [1.807, 2.05) is 38.1 Å². The summed E-state index contributed by atoms with van der Waals surface area (Å²) >= 11 is 0. The molecule has 0 saturated heterocycles. The molecule has 5 rings (SSSR count). The molecule has 0 spiro atoms. The number of carbonyl (C=O) groups excluding carboxylic acids is 2. The van der Waals surface area contributed by atoms with Gasteiger partial charge in [-0.05, 0) is 25.2 Å². The Bertz CT molecular complexity index is 1580. The minimum absolute atomic E-state index is 0.0750. The molecule has 1 unspecified atom stereocenters. The van der Waals surface area contributed by atoms with E-state index >= 15 is 0 Å². The SMILES string of the molecule is CCN(CC)CC(O)Cn1cc(C2=C(c3c[nH]c4ccccc34)C(=O)NC2=O)c2c([N+](=O)[O-])cccc21. The number of para-hydroxylation sites is 1. The van der Waals surface area contributed by atoms with Gasteiger partial charge in [0.1, 0.15) is 0 Å². The van der Waals surface area contributed by atoms with E-state index in [4.69, 9.17) is 0 Å². The molecule has 0 radical (unpaired) electrons. The number of non-ortho nitro benzene ring substituents is 1. The summed E-state index contributed by atoms with van der Waals surface area (Å²) in [6.45, 7) is 6.17. The number of aliphatic hydroxyl groups is 1. The first-order chi connectivity index (χ1) is 17.8. The Balaban J connectivity index is 1.73. The minimum atomic E-state index is -0.747. The van der Waals surface area contributed by atoms with Crippen LogP contribution in [0.15, 0.2) is 54.9 Å². The van der Waals surface area contributed by atoms with Gasteiger partial charge in [-0.15, -0.1) is 0 Å². The molecule has 1 aliphatic heterocycles. The molecular formula is C27H27N5O5. The molecule has 190 valence electrons. The number of likely N-dealkylation sites (N-methyl/N-ethyl adjacent to an activating group) is 1. The number of nitrogens with one attached hydrogen (secondary N) is 2. The van der Waals surface area contributed by atoms with E-state index in [0.717, 1.165) is 24.0 Å². The Morgan fingerprint density at radius 2 is 1.73 bits per heavy atom. The molecular weight excluding hydrogens is 474 g/mol. The van der Waals surface area contributed by atoms with Crippen LogP contribution in [0.3, 0.4) is 0 Å². The van der Waals surface area contributed by atoms with Gasteiger partial charge in [-0.25, -0.2) is 0 Å². The second-order valence-electron chi connectivity index (χ2n) is 9.04. The number of hydrogen-bond acceptors (Lipinski definition) is 6. The molecule has 2 aromatic heterocycles. The second kappa shape index (κ2) is 9.64. The molecule has 0 bridgehead atoms. The van der Waals surface area contributed by atoms with E-state index in [1.54, 1.807) is 29.1 Å². The van der Waals surface area contributed by atoms with Gasteiger partial charge in [0.2, 0.25) is 0 Å². The van der Waals surface area contributed by atoms with Gasteiger partial charge in [0.15, 0.2) is 0 Å². The number of amides is 2. The van der Waals surface area contributed by atoms with E-state index in [-0.39, 0.29) is 34.3 Å². The maximum absolute atomic E-state index is 13.2. The van der Waals surface area contributed by atoms with Crippen molar-refractivity contribution in [3.05, 3.63) is 76.1 Å². The number of aromatic amines is 1. The van der Waals surface area contributed by atoms with E-state index in [2.05, 4.69) is 15.2 Å². The van der Waals surface area contributed by atoms with Gasteiger partial charge in [-0.1, -0.05) is 38.1 Å². The summed E-state index contributed by atoms with van der Waals surface area (Å²) in [5.41, 5.74) is 2.16. The molecule has 3 N–H and O–H groups in total. The van der Waals surface area contributed by atoms with Crippen LogP contribution in [0.1, 0.15) is 25.0 Å². The van der Waals surface area contributed by atoms with Crippen molar-refractivity contribution in [3.8, 4) is 0 Å². The first-order valence-corrected chi connectivity index (χ1v) is 12.2. The fourth-order valence-electron chi connectivity index (χ4n) is 5.14. The summed E-state index contributed by atoms with van der Waals surface area (Å²) in [4.78, 5) is 42.9. The second-order valence-corrected chi connectivity index (χ2v) is 9.04. The Kier molecular flexibility index (Phi) is 6.36. The summed E-state index contributed by atoms with van der Waals surface area (Å²) in [6, 6.07) is 12.1. The average Bonchev–Trinajstić information content (AvgIpc) is 3.55. The third kappa shape index (κ3) is 4.20. The molecule has 37 heavy (non-hydrogen) atoms. The maximum Gasteiger partial charge on any atom is 0.279 e. The minimum Gasteiger partial charge on any atom is -0.390 e. The molecule has 1 aliphatic rings. The van der Waals surface area contributed by atoms with Crippen LogP contribution in [0.25, 0.3) is 33.0 Å². The van der Waals surface area contributed by atoms with Gasteiger partial charge >= 0.3 is 0 Å². The van der Waals surface area contributed by atoms with Gasteiger partial charge in [0.25, 0.3) is 17.5 Å². The summed E-state index contributed by atoms with van der Waals surface area (Å²) < 4.78 is 1.72. The molecule has 2 amide bonds. The van der Waals surface area contributed by atoms with Crippen LogP contribution in [-0.4, -0.2) is 62.0 Å². The van der Waals surface area contributed by atoms with Crippen molar-refractivity contribution in [2.24, 2.45) is 0 Å². The standard InChI is InChI=1S/C27H27N5O5/c1-3-30(4-2)13-16(33)14-31-15-19(23-21(31)10-7-11-22(23)32(36)37)25-24(26(34)29-27(25)35)18-12-28-20-9-6-5-8-17(18)20/h5-12,15-16,28,33H,3-4,13-14H2,1-2H3,(H,29,34,35). The number of hydrogen-bond donors (Lipinski definition) is 3. The fraction of sp³-hybridized carbons (Fsp3) is 0.259. The lowest BCUT2D eigenvalue weighted by molar-refractivity contribution is -0.383. The molecule has 0 saturated carbocycles. The van der Waals surface area contributed by atoms with Crippen LogP contribution >= 0.6 is 0 Å². The van der Waals surface area contributed by atoms with Gasteiger partial charge < -0.3 is 19.6 Å². The lowest BCUT2D eigenvalue weighted by atomic mass is 9.95. The Morgan fingerprint density at radius 1 is 1.03 bits per heavy atom. The monoisotopic (exact) mass is 501 g/mol. The molecule has 0 fully saturated rings. The van der Waals surface area contributed by atoms with E-state index in [9.17, 15) is 24.8 Å². The highest BCUT2D eigenvalue weighted by molar-refractivity contribution is 6.51. The molecule has 3 heterocycles. The van der Waals surface area contributed by atoms with Gasteiger partial charge in [0, 0.05) is 53.6 Å². The zero-order valence-electron chi connectivity index (χ0n) is 20.5. The zero-order chi connectivity index (χ0) is 26.3. The number of H-pyrrole nitrogens is 1. The lowest BCUT2D eigenvalue weighted by Gasteiger charge is -2.22. The predicted molar refractivity (Wildman–Crippen MR) is 141 cm³/mol. The number of rotatable bonds is 9. The number of fused-ring (bicyclic) bond motifs is 2. The summed E-state index contributed by atoms with van der Waals surface area (Å²) in [5.74, 6) is -1.18. The van der Waals surface area contributed by atoms with Gasteiger partial charge in [0.05, 0.1) is 33.1 Å². The first-order valence-electron chi connectivity index (χ1n) is 12.2. The third-order valence-electron chi connectivity index (χ3n) is 6.91. The summed E-state index contributed by atoms with van der Waals surface area (Å²) in [7, 11) is 0. The van der Waals surface area contributed by atoms with Crippen molar-refractivity contribution in [1.82, 2.24) is 19.8 Å². The van der Waals surface area contributed by atoms with E-state index in [1.165, 1.54) is 6.07 Å². The molecule has 1 atom stereocenters. The quantitative estimate of drug-likeness (QED) is 0.183. The van der Waals surface area contributed by atoms with Crippen molar-refractivity contribution >= 4 is 50.5 Å². The predicted octanol–water partition coefficient (Wildman–Crippen LogP) is 3.30. The van der Waals surface area contributed by atoms with Crippen LogP contribution in [-0.2, 0) is 16.1 Å². The molecule has 2 aromatic carbocycles. The number of carbonyl (C=O) groups is 2. The maximum atomic E-state index is 13.2. The van der Waals surface area contributed by atoms with Crippen molar-refractivity contribution in [2.45, 2.75) is 26.5 Å². The smallest absolute Gasteiger partial charge is 0.279 e. The Hall–Kier alpha value is -4.28. The number of nitro benzene ring substituents is 1. The highest BCUT2D eigenvalue weighted by Gasteiger charge is 2.36. The zero-order valence-corrected chi connectivity index (χ0v) is 20.5. The summed E-state index contributed by atoms with van der Waals surface area (Å²) in [5, 5.41) is 26.2. The van der Waals surface area contributed by atoms with Crippen LogP contribution < -0.4 is 5.32 Å². The number of nitro groups is 1. The molecule has 4 aromatic rings. The van der Waals surface area contributed by atoms with Gasteiger partial charge in [-0.3, -0.25) is 25.0 Å². The number of imide groups is 1. The Labute approximate surface area is 212 Å². The number of nitrogens with zero attached hydrogens (tertiary/aromatic N) is 3. The average molecular weight is 502 g/mol. The molecule has 0 aliphatic carbocycles. The Morgan fingerprint density at radius 3 is 2.43 bits per heavy atom. The largest absolute Gasteiger partial charge is 0.390 e. The van der Waals surface area contributed by atoms with Crippen molar-refractivity contribution in [1.29, 1.82) is 0 Å². The van der Waals surface area contributed by atoms with Crippen molar-refractivity contribution in [3.63, 3.8) is 0 Å². The van der Waals surface area contributed by atoms with Crippen molar-refractivity contribution in [2.75, 3.05) is 19.6 Å². The lowest BCUT2D eigenvalue weighted by Crippen LogP contribution is -2.34. The molecule has 10 nitrogen and oxygen atoms in total. The van der Waals surface area contributed by atoms with Crippen LogP contribution in [0, 0.1) is 10.1 Å². The number of aromatic nitrogens is 2. The third-order valence-corrected chi connectivity index (χ3v) is 6.91. The van der Waals surface area contributed by atoms with Crippen molar-refractivity contribution < 1.29 is 19.6 Å². The normalized spacial score (nSPS) is 14.8. The van der Waals surface area contributed by atoms with E-state index in [0.29, 0.717) is 17.6 Å². The van der Waals surface area contributed by atoms with E-state index < -0.39 is 22.8 Å². The van der Waals surface area contributed by atoms with Gasteiger partial charge in [-0.2, -0.15) is 0 Å². The fourth-order valence-corrected chi connectivity index (χ4v) is 5.14. The molecule has 10 heteroatoms. The van der Waals surface area contributed by atoms with Crippen LogP contribution in [0.4, 0.5) is 5.69 Å². The van der Waals surface area contributed by atoms with Crippen LogP contribution in [0.2, 0.25) is 0 Å². The first kappa shape index (κ1) is 24.4.